The smallest absolute Gasteiger partial charge is 0.133 e. The minimum absolute atomic E-state index is 0.335. The number of unbranched alkanes of at least 4 members (excludes halogenated alkanes) is 1. The molecule has 1 aliphatic rings. The van der Waals surface area contributed by atoms with E-state index in [1.54, 1.807) is 6.33 Å². The molecule has 0 radical (unpaired) electrons. The lowest BCUT2D eigenvalue weighted by Gasteiger charge is -2.20. The highest BCUT2D eigenvalue weighted by Gasteiger charge is 2.16. The molecule has 4 nitrogen and oxygen atoms in total. The molecule has 1 aromatic heterocycles. The topological polar surface area (TPSA) is 63.8 Å². The standard InChI is InChI=1S/C15H26N4/c1-2-3-7-12(10-16)19-15-13-8-5-4-6-9-14(13)17-11-18-15/h11-12H,2-10,16H2,1H3,(H,17,18,19). The van der Waals surface area contributed by atoms with Crippen LogP contribution in [0.2, 0.25) is 0 Å². The summed E-state index contributed by atoms with van der Waals surface area (Å²) in [6.45, 7) is 2.88. The predicted octanol–water partition coefficient (Wildman–Crippen LogP) is 2.67. The van der Waals surface area contributed by atoms with Gasteiger partial charge in [0.05, 0.1) is 0 Å². The highest BCUT2D eigenvalue weighted by atomic mass is 15.0. The summed E-state index contributed by atoms with van der Waals surface area (Å²) in [7, 11) is 0. The van der Waals surface area contributed by atoms with Crippen LogP contribution in [0.1, 0.15) is 56.7 Å². The first-order valence-electron chi connectivity index (χ1n) is 7.64. The Kier molecular flexibility index (Phi) is 5.58. The molecule has 4 heteroatoms. The van der Waals surface area contributed by atoms with E-state index in [4.69, 9.17) is 5.73 Å². The van der Waals surface area contributed by atoms with Gasteiger partial charge in [0.1, 0.15) is 12.1 Å². The third-order valence-electron chi connectivity index (χ3n) is 3.91. The molecule has 19 heavy (non-hydrogen) atoms. The van der Waals surface area contributed by atoms with Crippen molar-refractivity contribution >= 4 is 5.82 Å². The van der Waals surface area contributed by atoms with E-state index < -0.39 is 0 Å². The van der Waals surface area contributed by atoms with Crippen molar-refractivity contribution in [3.8, 4) is 0 Å². The number of fused-ring (bicyclic) bond motifs is 1. The monoisotopic (exact) mass is 262 g/mol. The van der Waals surface area contributed by atoms with Crippen molar-refractivity contribution in [1.82, 2.24) is 9.97 Å². The number of aromatic nitrogens is 2. The van der Waals surface area contributed by atoms with Gasteiger partial charge >= 0.3 is 0 Å². The molecule has 0 saturated carbocycles. The number of nitrogens with two attached hydrogens (primary N) is 1. The lowest BCUT2D eigenvalue weighted by Crippen LogP contribution is -2.30. The van der Waals surface area contributed by atoms with Crippen LogP contribution in [0.5, 0.6) is 0 Å². The van der Waals surface area contributed by atoms with Gasteiger partial charge in [0.2, 0.25) is 0 Å². The Morgan fingerprint density at radius 2 is 2.11 bits per heavy atom. The maximum Gasteiger partial charge on any atom is 0.133 e. The Morgan fingerprint density at radius 1 is 1.26 bits per heavy atom. The molecular weight excluding hydrogens is 236 g/mol. The van der Waals surface area contributed by atoms with E-state index >= 15 is 0 Å². The normalized spacial score (nSPS) is 16.5. The largest absolute Gasteiger partial charge is 0.366 e. The SMILES string of the molecule is CCCCC(CN)Nc1ncnc2c1CCCCC2. The first-order valence-corrected chi connectivity index (χ1v) is 7.64. The number of rotatable bonds is 6. The van der Waals surface area contributed by atoms with Crippen LogP contribution in [0, 0.1) is 0 Å². The fourth-order valence-electron chi connectivity index (χ4n) is 2.72. The Labute approximate surface area is 116 Å². The molecule has 1 atom stereocenters. The van der Waals surface area contributed by atoms with Crippen molar-refractivity contribution in [2.75, 3.05) is 11.9 Å². The summed E-state index contributed by atoms with van der Waals surface area (Å²) in [5.74, 6) is 1.03. The zero-order chi connectivity index (χ0) is 13.5. The van der Waals surface area contributed by atoms with Gasteiger partial charge in [-0.15, -0.1) is 0 Å². The van der Waals surface area contributed by atoms with Crippen molar-refractivity contribution in [3.63, 3.8) is 0 Å². The van der Waals surface area contributed by atoms with Gasteiger partial charge < -0.3 is 11.1 Å². The van der Waals surface area contributed by atoms with Gasteiger partial charge in [0.15, 0.2) is 0 Å². The highest BCUT2D eigenvalue weighted by Crippen LogP contribution is 2.24. The second-order valence-electron chi connectivity index (χ2n) is 5.43. The van der Waals surface area contributed by atoms with Crippen molar-refractivity contribution in [2.45, 2.75) is 64.3 Å². The zero-order valence-corrected chi connectivity index (χ0v) is 12.0. The Hall–Kier alpha value is -1.16. The van der Waals surface area contributed by atoms with E-state index in [1.807, 2.05) is 0 Å². The maximum atomic E-state index is 5.86. The Balaban J connectivity index is 2.10. The first kappa shape index (κ1) is 14.3. The average Bonchev–Trinajstić information content (AvgIpc) is 2.69. The van der Waals surface area contributed by atoms with Gasteiger partial charge in [-0.2, -0.15) is 0 Å². The van der Waals surface area contributed by atoms with Crippen LogP contribution in [0.4, 0.5) is 5.82 Å². The number of hydrogen-bond acceptors (Lipinski definition) is 4. The minimum atomic E-state index is 0.335. The zero-order valence-electron chi connectivity index (χ0n) is 12.0. The van der Waals surface area contributed by atoms with Gasteiger partial charge in [0, 0.05) is 23.8 Å². The van der Waals surface area contributed by atoms with Gasteiger partial charge in [-0.05, 0) is 32.1 Å². The van der Waals surface area contributed by atoms with Crippen LogP contribution in [-0.2, 0) is 12.8 Å². The molecule has 0 fully saturated rings. The minimum Gasteiger partial charge on any atom is -0.366 e. The predicted molar refractivity (Wildman–Crippen MR) is 79.3 cm³/mol. The van der Waals surface area contributed by atoms with Crippen LogP contribution in [-0.4, -0.2) is 22.6 Å². The second kappa shape index (κ2) is 7.43. The summed E-state index contributed by atoms with van der Waals surface area (Å²) < 4.78 is 0. The van der Waals surface area contributed by atoms with Crippen LogP contribution in [0.3, 0.4) is 0 Å². The highest BCUT2D eigenvalue weighted by molar-refractivity contribution is 5.47. The molecule has 0 amide bonds. The van der Waals surface area contributed by atoms with Crippen LogP contribution in [0.15, 0.2) is 6.33 Å². The molecule has 0 aliphatic heterocycles. The van der Waals surface area contributed by atoms with Gasteiger partial charge in [-0.3, -0.25) is 0 Å². The summed E-state index contributed by atoms with van der Waals surface area (Å²) in [4.78, 5) is 8.90. The lowest BCUT2D eigenvalue weighted by molar-refractivity contribution is 0.611. The fourth-order valence-corrected chi connectivity index (χ4v) is 2.72. The van der Waals surface area contributed by atoms with E-state index in [2.05, 4.69) is 22.2 Å². The van der Waals surface area contributed by atoms with Gasteiger partial charge in [-0.25, -0.2) is 9.97 Å². The average molecular weight is 262 g/mol. The van der Waals surface area contributed by atoms with E-state index in [-0.39, 0.29) is 0 Å². The van der Waals surface area contributed by atoms with E-state index in [0.29, 0.717) is 12.6 Å². The second-order valence-corrected chi connectivity index (χ2v) is 5.43. The Morgan fingerprint density at radius 3 is 2.89 bits per heavy atom. The molecule has 1 unspecified atom stereocenters. The molecular formula is C15H26N4. The van der Waals surface area contributed by atoms with Crippen LogP contribution < -0.4 is 11.1 Å². The van der Waals surface area contributed by atoms with Gasteiger partial charge in [0.25, 0.3) is 0 Å². The van der Waals surface area contributed by atoms with E-state index in [1.165, 1.54) is 43.4 Å². The number of nitrogens with one attached hydrogen (secondary N) is 1. The molecule has 1 aromatic rings. The summed E-state index contributed by atoms with van der Waals surface area (Å²) in [6, 6.07) is 0.335. The summed E-state index contributed by atoms with van der Waals surface area (Å²) in [5.41, 5.74) is 8.43. The molecule has 1 heterocycles. The molecule has 0 spiro atoms. The molecule has 106 valence electrons. The summed E-state index contributed by atoms with van der Waals surface area (Å²) in [6.07, 6.45) is 11.2. The van der Waals surface area contributed by atoms with Crippen molar-refractivity contribution in [2.24, 2.45) is 5.73 Å². The van der Waals surface area contributed by atoms with E-state index in [0.717, 1.165) is 25.1 Å². The lowest BCUT2D eigenvalue weighted by atomic mass is 10.1. The summed E-state index contributed by atoms with van der Waals surface area (Å²) in [5, 5.41) is 3.54. The molecule has 0 bridgehead atoms. The van der Waals surface area contributed by atoms with Crippen LogP contribution >= 0.6 is 0 Å². The Bertz CT molecular complexity index is 392. The molecule has 3 N–H and O–H groups in total. The molecule has 0 saturated heterocycles. The number of anilines is 1. The fraction of sp³-hybridized carbons (Fsp3) is 0.733. The number of hydrogen-bond donors (Lipinski definition) is 2. The number of aryl methyl sites for hydroxylation is 1. The van der Waals surface area contributed by atoms with Gasteiger partial charge in [-0.1, -0.05) is 26.2 Å². The molecule has 0 aromatic carbocycles. The number of nitrogens with zero attached hydrogens (tertiary/aromatic N) is 2. The quantitative estimate of drug-likeness (QED) is 0.774. The third-order valence-corrected chi connectivity index (χ3v) is 3.91. The first-order chi connectivity index (χ1) is 9.35. The van der Waals surface area contributed by atoms with Crippen molar-refractivity contribution in [3.05, 3.63) is 17.6 Å². The van der Waals surface area contributed by atoms with Crippen molar-refractivity contribution < 1.29 is 0 Å². The van der Waals surface area contributed by atoms with E-state index in [9.17, 15) is 0 Å². The summed E-state index contributed by atoms with van der Waals surface area (Å²) >= 11 is 0. The molecule has 1 aliphatic carbocycles. The van der Waals surface area contributed by atoms with Crippen LogP contribution in [0.25, 0.3) is 0 Å². The van der Waals surface area contributed by atoms with Crippen molar-refractivity contribution in [1.29, 1.82) is 0 Å². The maximum absolute atomic E-state index is 5.86. The third kappa shape index (κ3) is 3.90. The molecule has 2 rings (SSSR count).